The van der Waals surface area contributed by atoms with E-state index < -0.39 is 24.0 Å². The van der Waals surface area contributed by atoms with Crippen LogP contribution in [-0.4, -0.2) is 27.7 Å². The minimum atomic E-state index is -4.60. The maximum Gasteiger partial charge on any atom is 0.413 e. The molecule has 0 fully saturated rings. The Labute approximate surface area is 107 Å². The van der Waals surface area contributed by atoms with E-state index in [4.69, 9.17) is 11.6 Å². The summed E-state index contributed by atoms with van der Waals surface area (Å²) >= 11 is 5.22. The molecule has 0 radical (unpaired) electrons. The summed E-state index contributed by atoms with van der Waals surface area (Å²) in [5, 5.41) is 5.78. The Morgan fingerprint density at radius 2 is 2.06 bits per heavy atom. The van der Waals surface area contributed by atoms with Gasteiger partial charge in [0.15, 0.2) is 6.04 Å². The number of alkyl halides is 4. The van der Waals surface area contributed by atoms with Gasteiger partial charge in [-0.25, -0.2) is 0 Å². The maximum absolute atomic E-state index is 13.0. The van der Waals surface area contributed by atoms with Crippen molar-refractivity contribution in [1.82, 2.24) is 15.1 Å². The van der Waals surface area contributed by atoms with Crippen LogP contribution in [0, 0.1) is 13.8 Å². The lowest BCUT2D eigenvalue weighted by molar-refractivity contribution is -0.163. The number of amides is 1. The summed E-state index contributed by atoms with van der Waals surface area (Å²) in [5.74, 6) is -1.40. The Kier molecular flexibility index (Phi) is 4.26. The Morgan fingerprint density at radius 1 is 1.50 bits per heavy atom. The van der Waals surface area contributed by atoms with E-state index in [1.54, 1.807) is 7.05 Å². The third-order valence-corrected chi connectivity index (χ3v) is 2.85. The fraction of sp³-hybridized carbons (Fsp3) is 0.600. The molecule has 1 aromatic heterocycles. The van der Waals surface area contributed by atoms with Crippen molar-refractivity contribution in [2.24, 2.45) is 7.05 Å². The summed E-state index contributed by atoms with van der Waals surface area (Å²) in [6.07, 6.45) is -4.60. The minimum absolute atomic E-state index is 0.0385. The molecule has 0 spiro atoms. The topological polar surface area (TPSA) is 46.9 Å². The van der Waals surface area contributed by atoms with Crippen molar-refractivity contribution in [3.8, 4) is 0 Å². The Balaban J connectivity index is 3.22. The molecule has 18 heavy (non-hydrogen) atoms. The molecule has 0 aliphatic rings. The lowest BCUT2D eigenvalue weighted by Gasteiger charge is -2.22. The van der Waals surface area contributed by atoms with Gasteiger partial charge in [-0.15, -0.1) is 11.6 Å². The van der Waals surface area contributed by atoms with E-state index >= 15 is 0 Å². The Hall–Kier alpha value is -1.24. The van der Waals surface area contributed by atoms with Crippen LogP contribution < -0.4 is 5.32 Å². The van der Waals surface area contributed by atoms with Crippen LogP contribution in [0.2, 0.25) is 0 Å². The number of nitrogens with zero attached hydrogens (tertiary/aromatic N) is 2. The van der Waals surface area contributed by atoms with Crippen molar-refractivity contribution in [2.45, 2.75) is 26.1 Å². The van der Waals surface area contributed by atoms with Gasteiger partial charge < -0.3 is 5.32 Å². The molecule has 0 aromatic carbocycles. The van der Waals surface area contributed by atoms with Crippen LogP contribution in [0.5, 0.6) is 0 Å². The van der Waals surface area contributed by atoms with Gasteiger partial charge in [0, 0.05) is 18.3 Å². The molecule has 1 N–H and O–H groups in total. The van der Waals surface area contributed by atoms with Gasteiger partial charge in [-0.3, -0.25) is 9.48 Å². The lowest BCUT2D eigenvalue weighted by Crippen LogP contribution is -2.39. The van der Waals surface area contributed by atoms with Crippen LogP contribution in [0.3, 0.4) is 0 Å². The predicted molar refractivity (Wildman–Crippen MR) is 60.3 cm³/mol. The summed E-state index contributed by atoms with van der Waals surface area (Å²) in [4.78, 5) is 11.1. The van der Waals surface area contributed by atoms with Crippen molar-refractivity contribution in [2.75, 3.05) is 5.88 Å². The van der Waals surface area contributed by atoms with E-state index in [-0.39, 0.29) is 11.3 Å². The molecular weight excluding hydrogens is 271 g/mol. The second-order valence-corrected chi connectivity index (χ2v) is 4.15. The number of carbonyl (C=O) groups excluding carboxylic acids is 1. The fourth-order valence-corrected chi connectivity index (χ4v) is 1.80. The molecule has 1 rings (SSSR count). The molecular formula is C10H13ClF3N3O. The zero-order valence-electron chi connectivity index (χ0n) is 10.1. The second-order valence-electron chi connectivity index (χ2n) is 3.88. The van der Waals surface area contributed by atoms with Gasteiger partial charge >= 0.3 is 6.18 Å². The maximum atomic E-state index is 13.0. The zero-order chi connectivity index (χ0) is 14.1. The quantitative estimate of drug-likeness (QED) is 0.863. The number of nitrogens with one attached hydrogen (secondary N) is 1. The minimum Gasteiger partial charge on any atom is -0.340 e. The molecule has 0 saturated heterocycles. The summed E-state index contributed by atoms with van der Waals surface area (Å²) in [6.45, 7) is 2.98. The Bertz CT molecular complexity index is 456. The van der Waals surface area contributed by atoms with Gasteiger partial charge in [0.05, 0.1) is 5.69 Å². The number of halogens is 4. The van der Waals surface area contributed by atoms with Gasteiger partial charge in [0.1, 0.15) is 5.88 Å². The lowest BCUT2D eigenvalue weighted by atomic mass is 10.0. The normalized spacial score (nSPS) is 13.5. The van der Waals surface area contributed by atoms with Crippen molar-refractivity contribution >= 4 is 17.5 Å². The fourth-order valence-electron chi connectivity index (χ4n) is 1.72. The number of hydrogen-bond acceptors (Lipinski definition) is 2. The van der Waals surface area contributed by atoms with Crippen molar-refractivity contribution in [3.63, 3.8) is 0 Å². The third-order valence-electron chi connectivity index (χ3n) is 2.61. The number of aryl methyl sites for hydroxylation is 2. The number of carbonyl (C=O) groups is 1. The third kappa shape index (κ3) is 2.95. The Morgan fingerprint density at radius 3 is 2.39 bits per heavy atom. The van der Waals surface area contributed by atoms with Crippen LogP contribution in [0.4, 0.5) is 13.2 Å². The molecule has 0 aliphatic heterocycles. The first-order valence-corrected chi connectivity index (χ1v) is 5.64. The van der Waals surface area contributed by atoms with Crippen molar-refractivity contribution in [1.29, 1.82) is 0 Å². The van der Waals surface area contributed by atoms with E-state index in [2.05, 4.69) is 5.10 Å². The van der Waals surface area contributed by atoms with Crippen LogP contribution in [-0.2, 0) is 11.8 Å². The van der Waals surface area contributed by atoms with E-state index in [1.807, 2.05) is 5.32 Å². The molecule has 0 saturated carbocycles. The summed E-state index contributed by atoms with van der Waals surface area (Å²) in [5.41, 5.74) is 0.542. The largest absolute Gasteiger partial charge is 0.413 e. The van der Waals surface area contributed by atoms with Gasteiger partial charge in [-0.1, -0.05) is 0 Å². The average Bonchev–Trinajstić information content (AvgIpc) is 2.49. The number of aromatic nitrogens is 2. The summed E-state index contributed by atoms with van der Waals surface area (Å²) in [7, 11) is 1.54. The highest BCUT2D eigenvalue weighted by atomic mass is 35.5. The number of rotatable bonds is 3. The summed E-state index contributed by atoms with van der Waals surface area (Å²) < 4.78 is 40.3. The van der Waals surface area contributed by atoms with Crippen LogP contribution >= 0.6 is 11.6 Å². The summed E-state index contributed by atoms with van der Waals surface area (Å²) in [6, 6.07) is -2.09. The molecule has 1 aromatic rings. The molecule has 102 valence electrons. The first-order chi connectivity index (χ1) is 8.18. The number of hydrogen-bond donors (Lipinski definition) is 1. The predicted octanol–water partition coefficient (Wildman–Crippen LogP) is 2.00. The highest BCUT2D eigenvalue weighted by molar-refractivity contribution is 6.27. The monoisotopic (exact) mass is 283 g/mol. The van der Waals surface area contributed by atoms with E-state index in [0.29, 0.717) is 5.69 Å². The highest BCUT2D eigenvalue weighted by Crippen LogP contribution is 2.35. The highest BCUT2D eigenvalue weighted by Gasteiger charge is 2.44. The van der Waals surface area contributed by atoms with Gasteiger partial charge in [0.2, 0.25) is 5.91 Å². The van der Waals surface area contributed by atoms with E-state index in [9.17, 15) is 18.0 Å². The smallest absolute Gasteiger partial charge is 0.340 e. The van der Waals surface area contributed by atoms with Crippen LogP contribution in [0.1, 0.15) is 23.0 Å². The zero-order valence-corrected chi connectivity index (χ0v) is 10.9. The molecule has 0 aliphatic carbocycles. The molecule has 1 unspecified atom stereocenters. The van der Waals surface area contributed by atoms with Gasteiger partial charge in [0.25, 0.3) is 0 Å². The van der Waals surface area contributed by atoms with Gasteiger partial charge in [-0.05, 0) is 13.8 Å². The van der Waals surface area contributed by atoms with Crippen molar-refractivity contribution in [3.05, 3.63) is 17.0 Å². The van der Waals surface area contributed by atoms with E-state index in [1.165, 1.54) is 18.5 Å². The molecule has 1 atom stereocenters. The molecule has 1 heterocycles. The first kappa shape index (κ1) is 14.8. The second kappa shape index (κ2) is 5.17. The van der Waals surface area contributed by atoms with Crippen LogP contribution in [0.15, 0.2) is 0 Å². The molecule has 4 nitrogen and oxygen atoms in total. The van der Waals surface area contributed by atoms with Crippen LogP contribution in [0.25, 0.3) is 0 Å². The van der Waals surface area contributed by atoms with E-state index in [0.717, 1.165) is 0 Å². The standard InChI is InChI=1S/C10H13ClF3N3O/c1-5-8(6(2)17(3)16-5)9(10(12,13)14)15-7(18)4-11/h9H,4H2,1-3H3,(H,15,18). The van der Waals surface area contributed by atoms with Crippen molar-refractivity contribution < 1.29 is 18.0 Å². The first-order valence-electron chi connectivity index (χ1n) is 5.10. The molecule has 0 bridgehead atoms. The van der Waals surface area contributed by atoms with Gasteiger partial charge in [-0.2, -0.15) is 18.3 Å². The SMILES string of the molecule is Cc1nn(C)c(C)c1C(NC(=O)CCl)C(F)(F)F. The average molecular weight is 284 g/mol. The molecule has 8 heteroatoms. The molecule has 1 amide bonds.